The number of aromatic nitrogens is 6. The topological polar surface area (TPSA) is 105 Å². The van der Waals surface area contributed by atoms with E-state index in [9.17, 15) is 9.59 Å². The lowest BCUT2D eigenvalue weighted by atomic mass is 9.95. The van der Waals surface area contributed by atoms with Crippen LogP contribution in [-0.2, 0) is 20.6 Å². The third-order valence-corrected chi connectivity index (χ3v) is 5.06. The normalized spacial score (nSPS) is 18.9. The van der Waals surface area contributed by atoms with Gasteiger partial charge in [-0.2, -0.15) is 5.10 Å². The molecule has 132 valence electrons. The minimum Gasteiger partial charge on any atom is -0.324 e. The molecular weight excluding hydrogens is 322 g/mol. The van der Waals surface area contributed by atoms with Crippen LogP contribution in [0, 0.1) is 0 Å². The van der Waals surface area contributed by atoms with Gasteiger partial charge in [0.05, 0.1) is 6.54 Å². The zero-order chi connectivity index (χ0) is 17.6. The molecule has 0 spiro atoms. The highest BCUT2D eigenvalue weighted by atomic mass is 16.2. The van der Waals surface area contributed by atoms with Gasteiger partial charge in [0.25, 0.3) is 5.56 Å². The Morgan fingerprint density at radius 1 is 1.28 bits per heavy atom. The molecule has 9 nitrogen and oxygen atoms in total. The third-order valence-electron chi connectivity index (χ3n) is 5.06. The number of hydrogen-bond donors (Lipinski definition) is 2. The first kappa shape index (κ1) is 15.8. The van der Waals surface area contributed by atoms with Crippen molar-refractivity contribution in [3.8, 4) is 0 Å². The number of fused-ring (bicyclic) bond motifs is 1. The Balaban J connectivity index is 1.64. The second-order valence-corrected chi connectivity index (χ2v) is 6.66. The molecule has 4 heterocycles. The molecule has 0 saturated carbocycles. The van der Waals surface area contributed by atoms with Crippen molar-refractivity contribution < 1.29 is 0 Å². The standard InChI is InChI=1S/C16H21N7O2/c1-21-12(18-14-13(21)15(24)19-16(25)22(14)2)9-23-7-3-4-10(8-23)11-5-6-17-20-11/h5-6,10H,3-4,7-9H2,1-2H3,(H,17,20)(H,19,24,25)/t10-/m1/s1. The molecule has 1 aliphatic rings. The van der Waals surface area contributed by atoms with E-state index in [0.717, 1.165) is 37.4 Å². The molecule has 0 aromatic carbocycles. The van der Waals surface area contributed by atoms with E-state index in [1.807, 2.05) is 13.1 Å². The number of H-pyrrole nitrogens is 2. The first-order valence-electron chi connectivity index (χ1n) is 8.41. The van der Waals surface area contributed by atoms with Crippen molar-refractivity contribution in [1.29, 1.82) is 0 Å². The molecule has 9 heteroatoms. The molecule has 3 aromatic heterocycles. The lowest BCUT2D eigenvalue weighted by Gasteiger charge is -2.31. The molecular formula is C16H21N7O2. The minimum atomic E-state index is -0.445. The summed E-state index contributed by atoms with van der Waals surface area (Å²) in [4.78, 5) is 33.1. The van der Waals surface area contributed by atoms with Crippen LogP contribution in [0.5, 0.6) is 0 Å². The first-order chi connectivity index (χ1) is 12.0. The summed E-state index contributed by atoms with van der Waals surface area (Å²) in [6, 6.07) is 2.03. The molecule has 0 amide bonds. The van der Waals surface area contributed by atoms with Gasteiger partial charge in [0.2, 0.25) is 0 Å². The number of hydrogen-bond acceptors (Lipinski definition) is 5. The molecule has 0 unspecified atom stereocenters. The van der Waals surface area contributed by atoms with Crippen molar-refractivity contribution in [3.05, 3.63) is 44.6 Å². The summed E-state index contributed by atoms with van der Waals surface area (Å²) in [7, 11) is 3.44. The average molecular weight is 343 g/mol. The monoisotopic (exact) mass is 343 g/mol. The van der Waals surface area contributed by atoms with E-state index in [4.69, 9.17) is 0 Å². The molecule has 4 rings (SSSR count). The molecule has 1 saturated heterocycles. The van der Waals surface area contributed by atoms with Gasteiger partial charge in [0.1, 0.15) is 5.82 Å². The van der Waals surface area contributed by atoms with E-state index in [-0.39, 0.29) is 0 Å². The van der Waals surface area contributed by atoms with E-state index < -0.39 is 11.2 Å². The maximum Gasteiger partial charge on any atom is 0.329 e. The van der Waals surface area contributed by atoms with Gasteiger partial charge in [0.15, 0.2) is 11.2 Å². The van der Waals surface area contributed by atoms with Gasteiger partial charge < -0.3 is 4.57 Å². The Morgan fingerprint density at radius 2 is 2.12 bits per heavy atom. The number of likely N-dealkylation sites (tertiary alicyclic amines) is 1. The highest BCUT2D eigenvalue weighted by Gasteiger charge is 2.24. The van der Waals surface area contributed by atoms with Crippen LogP contribution < -0.4 is 11.2 Å². The predicted molar refractivity (Wildman–Crippen MR) is 92.4 cm³/mol. The summed E-state index contributed by atoms with van der Waals surface area (Å²) >= 11 is 0. The van der Waals surface area contributed by atoms with E-state index in [1.54, 1.807) is 17.8 Å². The fourth-order valence-electron chi connectivity index (χ4n) is 3.64. The zero-order valence-electron chi connectivity index (χ0n) is 14.3. The van der Waals surface area contributed by atoms with Crippen molar-refractivity contribution in [3.63, 3.8) is 0 Å². The van der Waals surface area contributed by atoms with Crippen LogP contribution in [0.25, 0.3) is 11.2 Å². The Hall–Kier alpha value is -2.68. The summed E-state index contributed by atoms with van der Waals surface area (Å²) in [5.74, 6) is 1.21. The number of aromatic amines is 2. The van der Waals surface area contributed by atoms with Crippen LogP contribution in [0.1, 0.15) is 30.3 Å². The number of imidazole rings is 1. The van der Waals surface area contributed by atoms with Crippen molar-refractivity contribution in [2.75, 3.05) is 13.1 Å². The Labute approximate surface area is 143 Å². The van der Waals surface area contributed by atoms with Gasteiger partial charge in [-0.25, -0.2) is 9.78 Å². The van der Waals surface area contributed by atoms with E-state index in [1.165, 1.54) is 4.57 Å². The third kappa shape index (κ3) is 2.70. The van der Waals surface area contributed by atoms with Crippen molar-refractivity contribution in [2.24, 2.45) is 14.1 Å². The van der Waals surface area contributed by atoms with Crippen LogP contribution in [0.4, 0.5) is 0 Å². The van der Waals surface area contributed by atoms with Gasteiger partial charge in [0, 0.05) is 38.4 Å². The second kappa shape index (κ2) is 5.99. The van der Waals surface area contributed by atoms with Crippen molar-refractivity contribution in [2.45, 2.75) is 25.3 Å². The molecule has 2 N–H and O–H groups in total. The van der Waals surface area contributed by atoms with Crippen LogP contribution in [0.2, 0.25) is 0 Å². The molecule has 0 bridgehead atoms. The molecule has 0 radical (unpaired) electrons. The fraction of sp³-hybridized carbons (Fsp3) is 0.500. The summed E-state index contributed by atoms with van der Waals surface area (Å²) in [6.07, 6.45) is 4.02. The number of aryl methyl sites for hydroxylation is 2. The van der Waals surface area contributed by atoms with Gasteiger partial charge in [-0.3, -0.25) is 24.3 Å². The summed E-state index contributed by atoms with van der Waals surface area (Å²) in [5, 5.41) is 7.11. The summed E-state index contributed by atoms with van der Waals surface area (Å²) in [6.45, 7) is 2.55. The van der Waals surface area contributed by atoms with Gasteiger partial charge >= 0.3 is 5.69 Å². The lowest BCUT2D eigenvalue weighted by molar-refractivity contribution is 0.193. The van der Waals surface area contributed by atoms with Crippen LogP contribution >= 0.6 is 0 Å². The molecule has 3 aromatic rings. The number of rotatable bonds is 3. The average Bonchev–Trinajstić information content (AvgIpc) is 3.23. The van der Waals surface area contributed by atoms with Crippen molar-refractivity contribution in [1.82, 2.24) is 34.2 Å². The van der Waals surface area contributed by atoms with Crippen LogP contribution in [0.15, 0.2) is 21.9 Å². The maximum atomic E-state index is 12.1. The van der Waals surface area contributed by atoms with Gasteiger partial charge in [-0.15, -0.1) is 0 Å². The SMILES string of the molecule is Cn1c(CN2CCC[C@@H](c3ccn[nH]3)C2)nc2c1c(=O)[nH]c(=O)n2C. The molecule has 1 fully saturated rings. The highest BCUT2D eigenvalue weighted by Crippen LogP contribution is 2.26. The van der Waals surface area contributed by atoms with Crippen LogP contribution in [-0.4, -0.2) is 47.3 Å². The Morgan fingerprint density at radius 3 is 2.88 bits per heavy atom. The van der Waals surface area contributed by atoms with Gasteiger partial charge in [-0.1, -0.05) is 0 Å². The van der Waals surface area contributed by atoms with E-state index in [0.29, 0.717) is 23.6 Å². The molecule has 25 heavy (non-hydrogen) atoms. The molecule has 0 aliphatic carbocycles. The predicted octanol–water partition coefficient (Wildman–Crippen LogP) is 0.0630. The highest BCUT2D eigenvalue weighted by molar-refractivity contribution is 5.70. The largest absolute Gasteiger partial charge is 0.329 e. The quantitative estimate of drug-likeness (QED) is 0.700. The summed E-state index contributed by atoms with van der Waals surface area (Å²) < 4.78 is 3.16. The van der Waals surface area contributed by atoms with E-state index in [2.05, 4.69) is 25.1 Å². The Kier molecular flexibility index (Phi) is 3.79. The maximum absolute atomic E-state index is 12.1. The fourth-order valence-corrected chi connectivity index (χ4v) is 3.64. The minimum absolute atomic E-state index is 0.395. The second-order valence-electron chi connectivity index (χ2n) is 6.66. The van der Waals surface area contributed by atoms with E-state index >= 15 is 0 Å². The van der Waals surface area contributed by atoms with Crippen LogP contribution in [0.3, 0.4) is 0 Å². The number of piperidine rings is 1. The smallest absolute Gasteiger partial charge is 0.324 e. The summed E-state index contributed by atoms with van der Waals surface area (Å²) in [5.41, 5.74) is 1.17. The van der Waals surface area contributed by atoms with Crippen molar-refractivity contribution >= 4 is 11.2 Å². The first-order valence-corrected chi connectivity index (χ1v) is 8.41. The molecule has 1 atom stereocenters. The van der Waals surface area contributed by atoms with Gasteiger partial charge in [-0.05, 0) is 25.5 Å². The number of nitrogens with zero attached hydrogens (tertiary/aromatic N) is 5. The molecule has 1 aliphatic heterocycles. The Bertz CT molecular complexity index is 1010. The number of nitrogens with one attached hydrogen (secondary N) is 2. The zero-order valence-corrected chi connectivity index (χ0v) is 14.3. The lowest BCUT2D eigenvalue weighted by Crippen LogP contribution is -2.34.